The van der Waals surface area contributed by atoms with E-state index in [9.17, 15) is 15.5 Å². The van der Waals surface area contributed by atoms with Gasteiger partial charge in [0, 0.05) is 6.42 Å². The van der Waals surface area contributed by atoms with Crippen molar-refractivity contribution in [2.75, 3.05) is 0 Å². The summed E-state index contributed by atoms with van der Waals surface area (Å²) in [6.45, 7) is 10.8. The van der Waals surface area contributed by atoms with E-state index >= 15 is 0 Å². The van der Waals surface area contributed by atoms with Crippen LogP contribution in [0.3, 0.4) is 0 Å². The fourth-order valence-electron chi connectivity index (χ4n) is 3.65. The van der Waals surface area contributed by atoms with Crippen LogP contribution in [0.15, 0.2) is 42.0 Å². The molecule has 0 aromatic heterocycles. The predicted molar refractivity (Wildman–Crippen MR) is 114 cm³/mol. The molecule has 7 nitrogen and oxygen atoms in total. The number of fused-ring (bicyclic) bond motifs is 2. The molecule has 0 saturated carbocycles. The molecule has 3 rings (SSSR count). The van der Waals surface area contributed by atoms with E-state index in [-0.39, 0.29) is 23.6 Å². The molecule has 0 spiro atoms. The Labute approximate surface area is 179 Å². The van der Waals surface area contributed by atoms with Crippen molar-refractivity contribution < 1.29 is 24.2 Å². The number of nitrogens with one attached hydrogen (secondary N) is 1. The molecule has 5 atom stereocenters. The van der Waals surface area contributed by atoms with Gasteiger partial charge in [0.15, 0.2) is 14.6 Å². The van der Waals surface area contributed by atoms with Gasteiger partial charge in [0.2, 0.25) is 0 Å². The van der Waals surface area contributed by atoms with Crippen LogP contribution in [0.25, 0.3) is 0 Å². The van der Waals surface area contributed by atoms with E-state index in [2.05, 4.69) is 45.4 Å². The van der Waals surface area contributed by atoms with Gasteiger partial charge in [0.05, 0.1) is 24.4 Å². The molecular formula is C22H32N2O5Si. The summed E-state index contributed by atoms with van der Waals surface area (Å²) < 4.78 is 12.1. The molecule has 0 amide bonds. The summed E-state index contributed by atoms with van der Waals surface area (Å²) in [6.07, 6.45) is -2.02. The van der Waals surface area contributed by atoms with Gasteiger partial charge < -0.3 is 19.4 Å². The van der Waals surface area contributed by atoms with Crippen molar-refractivity contribution in [1.82, 2.24) is 5.48 Å². The minimum Gasteiger partial charge on any atom is -0.408 e. The highest BCUT2D eigenvalue weighted by Gasteiger charge is 2.58. The van der Waals surface area contributed by atoms with Gasteiger partial charge in [-0.05, 0) is 29.8 Å². The molecule has 2 aliphatic rings. The molecule has 1 fully saturated rings. The number of hydroxylamine groups is 1. The molecule has 8 heteroatoms. The zero-order chi connectivity index (χ0) is 22.2. The molecule has 2 bridgehead atoms. The van der Waals surface area contributed by atoms with E-state index in [4.69, 9.17) is 14.0 Å². The van der Waals surface area contributed by atoms with Crippen LogP contribution in [0.2, 0.25) is 18.1 Å². The van der Waals surface area contributed by atoms with Gasteiger partial charge in [0.25, 0.3) is 0 Å². The molecule has 1 aliphatic carbocycles. The van der Waals surface area contributed by atoms with Crippen LogP contribution in [-0.4, -0.2) is 48.7 Å². The maximum atomic E-state index is 11.2. The number of benzene rings is 1. The fraction of sp³-hybridized carbons (Fsp3) is 0.591. The first-order chi connectivity index (χ1) is 14.0. The van der Waals surface area contributed by atoms with Gasteiger partial charge in [-0.15, -0.1) is 0 Å². The number of aliphatic hydroxyl groups is 2. The minimum absolute atomic E-state index is 0.00827. The monoisotopic (exact) mass is 432 g/mol. The van der Waals surface area contributed by atoms with Crippen molar-refractivity contribution in [3.05, 3.63) is 47.5 Å². The van der Waals surface area contributed by atoms with Crippen LogP contribution in [0.5, 0.6) is 0 Å². The first-order valence-electron chi connectivity index (χ1n) is 10.2. The van der Waals surface area contributed by atoms with E-state index in [0.717, 1.165) is 5.56 Å². The lowest BCUT2D eigenvalue weighted by molar-refractivity contribution is -0.258. The van der Waals surface area contributed by atoms with Crippen LogP contribution in [0.1, 0.15) is 32.8 Å². The quantitative estimate of drug-likeness (QED) is 0.469. The summed E-state index contributed by atoms with van der Waals surface area (Å²) in [4.78, 5) is 5.68. The third-order valence-electron chi connectivity index (χ3n) is 6.46. The highest BCUT2D eigenvalue weighted by atomic mass is 28.4. The van der Waals surface area contributed by atoms with E-state index in [0.29, 0.717) is 0 Å². The molecule has 1 saturated heterocycles. The zero-order valence-electron chi connectivity index (χ0n) is 18.3. The maximum absolute atomic E-state index is 11.2. The van der Waals surface area contributed by atoms with Crippen molar-refractivity contribution in [2.24, 2.45) is 0 Å². The molecule has 3 N–H and O–H groups in total. The average molecular weight is 433 g/mol. The first kappa shape index (κ1) is 23.1. The maximum Gasteiger partial charge on any atom is 0.193 e. The number of nitriles is 1. The molecule has 164 valence electrons. The largest absolute Gasteiger partial charge is 0.408 e. The average Bonchev–Trinajstić information content (AvgIpc) is 2.66. The van der Waals surface area contributed by atoms with E-state index in [1.165, 1.54) is 0 Å². The normalized spacial score (nSPS) is 31.7. The molecule has 1 aliphatic heterocycles. The summed E-state index contributed by atoms with van der Waals surface area (Å²) in [5, 5.41) is 31.4. The van der Waals surface area contributed by atoms with Gasteiger partial charge in [0.1, 0.15) is 17.7 Å². The Bertz CT molecular complexity index is 817. The van der Waals surface area contributed by atoms with Crippen LogP contribution < -0.4 is 5.48 Å². The van der Waals surface area contributed by atoms with Gasteiger partial charge in [-0.1, -0.05) is 51.1 Å². The van der Waals surface area contributed by atoms with Crippen molar-refractivity contribution in [1.29, 1.82) is 5.26 Å². The summed E-state index contributed by atoms with van der Waals surface area (Å²) in [5.41, 5.74) is 2.84. The summed E-state index contributed by atoms with van der Waals surface area (Å²) in [7, 11) is -2.21. The van der Waals surface area contributed by atoms with Crippen molar-refractivity contribution in [3.8, 4) is 6.07 Å². The molecule has 3 unspecified atom stereocenters. The molecule has 0 radical (unpaired) electrons. The SMILES string of the molecule is CC(C)(C)[Si](C)(C)OC1C=C(C#N)C2(NOCc3ccccc3)C[C@H](O)O[C@H]1C2O. The smallest absolute Gasteiger partial charge is 0.193 e. The molecule has 30 heavy (non-hydrogen) atoms. The number of hydrogen-bond donors (Lipinski definition) is 3. The second-order valence-electron chi connectivity index (χ2n) is 9.59. The van der Waals surface area contributed by atoms with Gasteiger partial charge in [-0.25, -0.2) is 0 Å². The fourth-order valence-corrected chi connectivity index (χ4v) is 4.89. The number of aliphatic hydroxyl groups excluding tert-OH is 2. The van der Waals surface area contributed by atoms with Crippen LogP contribution >= 0.6 is 0 Å². The second-order valence-corrected chi connectivity index (χ2v) is 14.3. The summed E-state index contributed by atoms with van der Waals surface area (Å²) >= 11 is 0. The second kappa shape index (κ2) is 8.52. The number of nitrogens with zero attached hydrogens (tertiary/aromatic N) is 1. The summed E-state index contributed by atoms with van der Waals surface area (Å²) in [5.74, 6) is 0. The highest BCUT2D eigenvalue weighted by molar-refractivity contribution is 6.74. The van der Waals surface area contributed by atoms with Crippen LogP contribution in [-0.2, 0) is 20.6 Å². The Balaban J connectivity index is 1.87. The molecule has 1 aromatic rings. The highest BCUT2D eigenvalue weighted by Crippen LogP contribution is 2.44. The Hall–Kier alpha value is -1.57. The number of ether oxygens (including phenoxy) is 1. The molecule has 1 aromatic carbocycles. The molecule has 1 heterocycles. The lowest BCUT2D eigenvalue weighted by Crippen LogP contribution is -2.70. The van der Waals surface area contributed by atoms with Crippen molar-refractivity contribution in [3.63, 3.8) is 0 Å². The Morgan fingerprint density at radius 1 is 1.27 bits per heavy atom. The standard InChI is InChI=1S/C22H32N2O5Si/c1-21(2,3)30(4,5)29-17-11-16(13-23)22(12-18(25)28-19(17)20(22)26)24-27-14-15-9-7-6-8-10-15/h6-11,17-20,24-26H,12,14H2,1-5H3/t17?,18-,19-,20?,22?/m1/s1. The van der Waals surface area contributed by atoms with Gasteiger partial charge in [-0.3, -0.25) is 4.84 Å². The lowest BCUT2D eigenvalue weighted by Gasteiger charge is -2.52. The van der Waals surface area contributed by atoms with Crippen molar-refractivity contribution in [2.45, 2.75) is 82.1 Å². The third kappa shape index (κ3) is 4.38. The van der Waals surface area contributed by atoms with Crippen molar-refractivity contribution >= 4 is 8.32 Å². The van der Waals surface area contributed by atoms with Crippen LogP contribution in [0.4, 0.5) is 0 Å². The number of hydrogen-bond acceptors (Lipinski definition) is 7. The summed E-state index contributed by atoms with van der Waals surface area (Å²) in [6, 6.07) is 11.7. The Kier molecular flexibility index (Phi) is 6.56. The van der Waals surface area contributed by atoms with E-state index in [1.807, 2.05) is 30.3 Å². The van der Waals surface area contributed by atoms with Gasteiger partial charge in [-0.2, -0.15) is 10.7 Å². The van der Waals surface area contributed by atoms with E-state index in [1.54, 1.807) is 6.08 Å². The number of rotatable bonds is 6. The topological polar surface area (TPSA) is 104 Å². The Morgan fingerprint density at radius 2 is 1.93 bits per heavy atom. The molecular weight excluding hydrogens is 400 g/mol. The van der Waals surface area contributed by atoms with Gasteiger partial charge >= 0.3 is 0 Å². The minimum atomic E-state index is -2.21. The zero-order valence-corrected chi connectivity index (χ0v) is 19.3. The van der Waals surface area contributed by atoms with Crippen LogP contribution in [0, 0.1) is 11.3 Å². The lowest BCUT2D eigenvalue weighted by atomic mass is 9.72. The third-order valence-corrected chi connectivity index (χ3v) is 10.9. The van der Waals surface area contributed by atoms with E-state index < -0.39 is 38.5 Å². The predicted octanol–water partition coefficient (Wildman–Crippen LogP) is 2.77. The first-order valence-corrected chi connectivity index (χ1v) is 13.2. The Morgan fingerprint density at radius 3 is 2.53 bits per heavy atom.